The zero-order valence-corrected chi connectivity index (χ0v) is 10.9. The van der Waals surface area contributed by atoms with Crippen molar-refractivity contribution in [2.75, 3.05) is 24.6 Å². The lowest BCUT2D eigenvalue weighted by Crippen LogP contribution is -2.29. The van der Waals surface area contributed by atoms with Crippen LogP contribution in [0.2, 0.25) is 0 Å². The SMILES string of the molecule is N#Cc1ccc(SCC(=O)N2CCCC2)cc1N. The second-order valence-corrected chi connectivity index (χ2v) is 5.29. The molecule has 2 rings (SSSR count). The molecule has 0 unspecified atom stereocenters. The molecule has 1 aliphatic rings. The molecule has 18 heavy (non-hydrogen) atoms. The van der Waals surface area contributed by atoms with Crippen LogP contribution in [0.5, 0.6) is 0 Å². The fourth-order valence-electron chi connectivity index (χ4n) is 1.94. The number of hydrogen-bond acceptors (Lipinski definition) is 4. The molecule has 1 aromatic rings. The van der Waals surface area contributed by atoms with Gasteiger partial charge in [-0.15, -0.1) is 11.8 Å². The van der Waals surface area contributed by atoms with Gasteiger partial charge in [-0.05, 0) is 31.0 Å². The molecule has 0 aromatic heterocycles. The summed E-state index contributed by atoms with van der Waals surface area (Å²) in [5.74, 6) is 0.617. The maximum absolute atomic E-state index is 11.8. The van der Waals surface area contributed by atoms with Crippen molar-refractivity contribution in [3.63, 3.8) is 0 Å². The van der Waals surface area contributed by atoms with E-state index in [1.165, 1.54) is 11.8 Å². The molecule has 1 amide bonds. The van der Waals surface area contributed by atoms with Gasteiger partial charge in [-0.3, -0.25) is 4.79 Å². The molecule has 0 radical (unpaired) electrons. The summed E-state index contributed by atoms with van der Waals surface area (Å²) in [7, 11) is 0. The van der Waals surface area contributed by atoms with Crippen molar-refractivity contribution in [1.29, 1.82) is 5.26 Å². The van der Waals surface area contributed by atoms with Crippen LogP contribution in [0.15, 0.2) is 23.1 Å². The van der Waals surface area contributed by atoms with Crippen molar-refractivity contribution >= 4 is 23.4 Å². The summed E-state index contributed by atoms with van der Waals surface area (Å²) in [4.78, 5) is 14.7. The van der Waals surface area contributed by atoms with E-state index in [0.29, 0.717) is 17.0 Å². The highest BCUT2D eigenvalue weighted by Crippen LogP contribution is 2.23. The standard InChI is InChI=1S/C13H15N3OS/c14-8-10-3-4-11(7-12(10)15)18-9-13(17)16-5-1-2-6-16/h3-4,7H,1-2,5-6,9,15H2. The number of rotatable bonds is 3. The minimum atomic E-state index is 0.181. The highest BCUT2D eigenvalue weighted by molar-refractivity contribution is 8.00. The van der Waals surface area contributed by atoms with Crippen molar-refractivity contribution in [2.45, 2.75) is 17.7 Å². The lowest BCUT2D eigenvalue weighted by atomic mass is 10.2. The minimum absolute atomic E-state index is 0.181. The Morgan fingerprint density at radius 3 is 2.78 bits per heavy atom. The number of benzene rings is 1. The van der Waals surface area contributed by atoms with Crippen LogP contribution in [0.3, 0.4) is 0 Å². The van der Waals surface area contributed by atoms with E-state index in [2.05, 4.69) is 0 Å². The van der Waals surface area contributed by atoms with Crippen LogP contribution >= 0.6 is 11.8 Å². The van der Waals surface area contributed by atoms with E-state index in [-0.39, 0.29) is 5.91 Å². The first-order chi connectivity index (χ1) is 8.70. The predicted molar refractivity (Wildman–Crippen MR) is 72.1 cm³/mol. The average molecular weight is 261 g/mol. The van der Waals surface area contributed by atoms with E-state index in [0.717, 1.165) is 30.8 Å². The van der Waals surface area contributed by atoms with Crippen LogP contribution in [0.4, 0.5) is 5.69 Å². The lowest BCUT2D eigenvalue weighted by molar-refractivity contribution is -0.127. The molecule has 0 spiro atoms. The van der Waals surface area contributed by atoms with Gasteiger partial charge in [0.05, 0.1) is 17.0 Å². The summed E-state index contributed by atoms with van der Waals surface area (Å²) in [6, 6.07) is 7.30. The zero-order chi connectivity index (χ0) is 13.0. The largest absolute Gasteiger partial charge is 0.398 e. The number of nitriles is 1. The smallest absolute Gasteiger partial charge is 0.232 e. The molecule has 1 aliphatic heterocycles. The molecule has 1 heterocycles. The van der Waals surface area contributed by atoms with E-state index in [4.69, 9.17) is 11.0 Å². The molecule has 0 saturated carbocycles. The Morgan fingerprint density at radius 2 is 2.17 bits per heavy atom. The van der Waals surface area contributed by atoms with Crippen LogP contribution in [0, 0.1) is 11.3 Å². The van der Waals surface area contributed by atoms with Gasteiger partial charge in [0.2, 0.25) is 5.91 Å². The molecule has 0 bridgehead atoms. The number of carbonyl (C=O) groups excluding carboxylic acids is 1. The Kier molecular flexibility index (Phi) is 4.11. The molecule has 0 atom stereocenters. The number of likely N-dealkylation sites (tertiary alicyclic amines) is 1. The number of amides is 1. The van der Waals surface area contributed by atoms with Crippen molar-refractivity contribution in [3.8, 4) is 6.07 Å². The molecule has 0 aliphatic carbocycles. The summed E-state index contributed by atoms with van der Waals surface area (Å²) in [6.45, 7) is 1.77. The van der Waals surface area contributed by atoms with Crippen LogP contribution in [0.1, 0.15) is 18.4 Å². The van der Waals surface area contributed by atoms with Crippen LogP contribution in [-0.4, -0.2) is 29.6 Å². The van der Waals surface area contributed by atoms with Gasteiger partial charge in [0, 0.05) is 18.0 Å². The first-order valence-corrected chi connectivity index (χ1v) is 6.89. The van der Waals surface area contributed by atoms with Gasteiger partial charge in [-0.25, -0.2) is 0 Å². The van der Waals surface area contributed by atoms with Crippen molar-refractivity contribution in [3.05, 3.63) is 23.8 Å². The fraction of sp³-hybridized carbons (Fsp3) is 0.385. The maximum atomic E-state index is 11.8. The number of nitrogens with zero attached hydrogens (tertiary/aromatic N) is 2. The molecular formula is C13H15N3OS. The molecule has 1 fully saturated rings. The molecule has 94 valence electrons. The fourth-order valence-corrected chi connectivity index (χ4v) is 2.78. The third kappa shape index (κ3) is 2.96. The molecule has 4 nitrogen and oxygen atoms in total. The van der Waals surface area contributed by atoms with Gasteiger partial charge in [0.15, 0.2) is 0 Å². The van der Waals surface area contributed by atoms with Gasteiger partial charge in [0.25, 0.3) is 0 Å². The van der Waals surface area contributed by atoms with Gasteiger partial charge in [-0.2, -0.15) is 5.26 Å². The average Bonchev–Trinajstić information content (AvgIpc) is 2.90. The third-order valence-electron chi connectivity index (χ3n) is 2.96. The Balaban J connectivity index is 1.92. The highest BCUT2D eigenvalue weighted by Gasteiger charge is 2.17. The summed E-state index contributed by atoms with van der Waals surface area (Å²) in [5, 5.41) is 8.77. The van der Waals surface area contributed by atoms with Crippen LogP contribution in [-0.2, 0) is 4.79 Å². The minimum Gasteiger partial charge on any atom is -0.398 e. The summed E-state index contributed by atoms with van der Waals surface area (Å²) < 4.78 is 0. The Labute approximate surface area is 111 Å². The predicted octanol–water partition coefficient (Wildman–Crippen LogP) is 1.85. The van der Waals surface area contributed by atoms with Gasteiger partial charge in [0.1, 0.15) is 6.07 Å². The first kappa shape index (κ1) is 12.8. The molecule has 1 saturated heterocycles. The van der Waals surface area contributed by atoms with Gasteiger partial charge >= 0.3 is 0 Å². The van der Waals surface area contributed by atoms with E-state index in [1.54, 1.807) is 12.1 Å². The Bertz CT molecular complexity index is 489. The molecular weight excluding hydrogens is 246 g/mol. The second-order valence-electron chi connectivity index (χ2n) is 4.24. The number of nitrogens with two attached hydrogens (primary N) is 1. The number of thioether (sulfide) groups is 1. The van der Waals surface area contributed by atoms with E-state index in [9.17, 15) is 4.79 Å². The molecule has 5 heteroatoms. The summed E-state index contributed by atoms with van der Waals surface area (Å²) in [5.41, 5.74) is 6.67. The summed E-state index contributed by atoms with van der Waals surface area (Å²) in [6.07, 6.45) is 2.22. The normalized spacial score (nSPS) is 14.5. The Morgan fingerprint density at radius 1 is 1.44 bits per heavy atom. The maximum Gasteiger partial charge on any atom is 0.232 e. The molecule has 1 aromatic carbocycles. The van der Waals surface area contributed by atoms with Crippen molar-refractivity contribution < 1.29 is 4.79 Å². The summed E-state index contributed by atoms with van der Waals surface area (Å²) >= 11 is 1.47. The lowest BCUT2D eigenvalue weighted by Gasteiger charge is -2.14. The number of anilines is 1. The first-order valence-electron chi connectivity index (χ1n) is 5.91. The van der Waals surface area contributed by atoms with Gasteiger partial charge in [-0.1, -0.05) is 0 Å². The van der Waals surface area contributed by atoms with Crippen LogP contribution in [0.25, 0.3) is 0 Å². The quantitative estimate of drug-likeness (QED) is 0.666. The zero-order valence-electron chi connectivity index (χ0n) is 10.1. The van der Waals surface area contributed by atoms with E-state index in [1.807, 2.05) is 17.0 Å². The molecule has 2 N–H and O–H groups in total. The van der Waals surface area contributed by atoms with E-state index < -0.39 is 0 Å². The van der Waals surface area contributed by atoms with Gasteiger partial charge < -0.3 is 10.6 Å². The Hall–Kier alpha value is -1.67. The van der Waals surface area contributed by atoms with E-state index >= 15 is 0 Å². The number of hydrogen-bond donors (Lipinski definition) is 1. The number of carbonyl (C=O) groups is 1. The second kappa shape index (κ2) is 5.78. The van der Waals surface area contributed by atoms with Crippen LogP contribution < -0.4 is 5.73 Å². The van der Waals surface area contributed by atoms with Crippen molar-refractivity contribution in [1.82, 2.24) is 4.90 Å². The highest BCUT2D eigenvalue weighted by atomic mass is 32.2. The monoisotopic (exact) mass is 261 g/mol. The third-order valence-corrected chi connectivity index (χ3v) is 3.94. The number of nitrogen functional groups attached to an aromatic ring is 1. The van der Waals surface area contributed by atoms with Crippen molar-refractivity contribution in [2.24, 2.45) is 0 Å². The topological polar surface area (TPSA) is 70.1 Å².